The molecule has 0 unspecified atom stereocenters. The van der Waals surface area contributed by atoms with Crippen LogP contribution >= 0.6 is 11.6 Å². The van der Waals surface area contributed by atoms with Crippen molar-refractivity contribution in [2.45, 2.75) is 11.4 Å². The second-order valence-electron chi connectivity index (χ2n) is 6.97. The van der Waals surface area contributed by atoms with Gasteiger partial charge in [0.1, 0.15) is 11.6 Å². The summed E-state index contributed by atoms with van der Waals surface area (Å²) in [4.78, 5) is 12.6. The van der Waals surface area contributed by atoms with Crippen molar-refractivity contribution in [3.8, 4) is 5.75 Å². The van der Waals surface area contributed by atoms with Gasteiger partial charge in [0.25, 0.3) is 15.9 Å². The van der Waals surface area contributed by atoms with Crippen LogP contribution in [-0.2, 0) is 16.6 Å². The number of carbonyl (C=O) groups is 1. The van der Waals surface area contributed by atoms with Gasteiger partial charge in [-0.1, -0.05) is 29.8 Å². The van der Waals surface area contributed by atoms with Gasteiger partial charge in [0.2, 0.25) is 0 Å². The van der Waals surface area contributed by atoms with Crippen LogP contribution in [0.5, 0.6) is 5.75 Å². The molecule has 0 spiro atoms. The number of hydrogen-bond donors (Lipinski definition) is 1. The Morgan fingerprint density at radius 3 is 2.39 bits per heavy atom. The molecule has 1 amide bonds. The van der Waals surface area contributed by atoms with E-state index >= 15 is 0 Å². The van der Waals surface area contributed by atoms with Crippen LogP contribution in [0.1, 0.15) is 15.9 Å². The summed E-state index contributed by atoms with van der Waals surface area (Å²) in [5.41, 5.74) is 1.10. The summed E-state index contributed by atoms with van der Waals surface area (Å²) in [7, 11) is -2.52. The first-order valence-corrected chi connectivity index (χ1v) is 11.7. The third-order valence-electron chi connectivity index (χ3n) is 4.79. The Balaban J connectivity index is 1.89. The molecule has 0 saturated heterocycles. The van der Waals surface area contributed by atoms with Gasteiger partial charge in [-0.05, 0) is 60.2 Å². The van der Waals surface area contributed by atoms with Gasteiger partial charge in [0.15, 0.2) is 0 Å². The van der Waals surface area contributed by atoms with E-state index in [0.717, 1.165) is 0 Å². The molecule has 0 heterocycles. The molecule has 0 aliphatic rings. The largest absolute Gasteiger partial charge is 0.497 e. The molecule has 9 heteroatoms. The Labute approximate surface area is 197 Å². The monoisotopic (exact) mass is 488 g/mol. The Kier molecular flexibility index (Phi) is 7.73. The minimum Gasteiger partial charge on any atom is -0.497 e. The summed E-state index contributed by atoms with van der Waals surface area (Å²) in [5.74, 6) is -0.352. The second-order valence-corrected chi connectivity index (χ2v) is 9.24. The Bertz CT molecular complexity index is 1250. The smallest absolute Gasteiger partial charge is 0.264 e. The van der Waals surface area contributed by atoms with Crippen molar-refractivity contribution in [2.24, 2.45) is 0 Å². The molecule has 0 aromatic heterocycles. The highest BCUT2D eigenvalue weighted by Crippen LogP contribution is 2.28. The van der Waals surface area contributed by atoms with Gasteiger partial charge in [0, 0.05) is 6.54 Å². The summed E-state index contributed by atoms with van der Waals surface area (Å²) in [6.45, 7) is 3.79. The van der Waals surface area contributed by atoms with Crippen LogP contribution in [0, 0.1) is 5.82 Å². The predicted molar refractivity (Wildman–Crippen MR) is 127 cm³/mol. The van der Waals surface area contributed by atoms with Crippen LogP contribution in [0.15, 0.2) is 84.3 Å². The Morgan fingerprint density at radius 2 is 1.79 bits per heavy atom. The lowest BCUT2D eigenvalue weighted by molar-refractivity contribution is 0.0951. The molecule has 0 saturated carbocycles. The molecule has 0 atom stereocenters. The fourth-order valence-corrected chi connectivity index (χ4v) is 4.72. The molecule has 3 aromatic carbocycles. The average molecular weight is 489 g/mol. The van der Waals surface area contributed by atoms with Crippen LogP contribution < -0.4 is 14.4 Å². The number of rotatable bonds is 9. The number of sulfonamides is 1. The number of nitrogens with zero attached hydrogens (tertiary/aromatic N) is 1. The molecule has 0 radical (unpaired) electrons. The van der Waals surface area contributed by atoms with Gasteiger partial charge < -0.3 is 10.1 Å². The maximum Gasteiger partial charge on any atom is 0.264 e. The minimum absolute atomic E-state index is 0.00753. The molecule has 3 aromatic rings. The highest BCUT2D eigenvalue weighted by Gasteiger charge is 2.26. The SMILES string of the molecule is C=CCN(c1ccc(OC)cc1)S(=O)(=O)c1ccc(Cl)c(C(=O)NCc2ccc(F)cc2)c1. The molecule has 0 fully saturated rings. The third-order valence-corrected chi connectivity index (χ3v) is 6.91. The molecule has 6 nitrogen and oxygen atoms in total. The number of ether oxygens (including phenoxy) is 1. The Hall–Kier alpha value is -3.36. The lowest BCUT2D eigenvalue weighted by Gasteiger charge is -2.23. The van der Waals surface area contributed by atoms with Crippen LogP contribution in [0.3, 0.4) is 0 Å². The number of anilines is 1. The van der Waals surface area contributed by atoms with Gasteiger partial charge in [-0.15, -0.1) is 6.58 Å². The number of carbonyl (C=O) groups excluding carboxylic acids is 1. The van der Waals surface area contributed by atoms with Gasteiger partial charge in [-0.25, -0.2) is 12.8 Å². The predicted octanol–water partition coefficient (Wildman–Crippen LogP) is 4.80. The zero-order valence-electron chi connectivity index (χ0n) is 17.8. The van der Waals surface area contributed by atoms with Gasteiger partial charge in [0.05, 0.1) is 34.8 Å². The van der Waals surface area contributed by atoms with E-state index in [9.17, 15) is 17.6 Å². The fourth-order valence-electron chi connectivity index (χ4n) is 3.05. The van der Waals surface area contributed by atoms with E-state index in [4.69, 9.17) is 16.3 Å². The van der Waals surface area contributed by atoms with E-state index in [1.165, 1.54) is 47.8 Å². The highest BCUT2D eigenvalue weighted by atomic mass is 35.5. The van der Waals surface area contributed by atoms with E-state index in [-0.39, 0.29) is 34.4 Å². The second kappa shape index (κ2) is 10.5. The van der Waals surface area contributed by atoms with Gasteiger partial charge in [-0.3, -0.25) is 9.10 Å². The maximum absolute atomic E-state index is 13.4. The summed E-state index contributed by atoms with van der Waals surface area (Å²) in [5, 5.41) is 2.77. The van der Waals surface area contributed by atoms with Crippen molar-refractivity contribution in [3.63, 3.8) is 0 Å². The average Bonchev–Trinajstić information content (AvgIpc) is 2.82. The summed E-state index contributed by atoms with van der Waals surface area (Å²) >= 11 is 6.19. The third kappa shape index (κ3) is 5.71. The molecule has 0 aliphatic heterocycles. The first-order chi connectivity index (χ1) is 15.8. The summed E-state index contributed by atoms with van der Waals surface area (Å²) < 4.78 is 46.2. The van der Waals surface area contributed by atoms with E-state index in [1.54, 1.807) is 36.4 Å². The van der Waals surface area contributed by atoms with Gasteiger partial charge in [-0.2, -0.15) is 0 Å². The van der Waals surface area contributed by atoms with E-state index in [2.05, 4.69) is 11.9 Å². The molecule has 0 aliphatic carbocycles. The minimum atomic E-state index is -4.04. The molecule has 172 valence electrons. The standard InChI is InChI=1S/C24H22ClFN2O4S/c1-3-14-28(19-8-10-20(32-2)11-9-19)33(30,31)21-12-13-23(25)22(15-21)24(29)27-16-17-4-6-18(26)7-5-17/h3-13,15H,1,14,16H2,2H3,(H,27,29). The number of halogens is 2. The van der Waals surface area contributed by atoms with Crippen molar-refractivity contribution in [1.82, 2.24) is 5.32 Å². The summed E-state index contributed by atoms with van der Waals surface area (Å²) in [6.07, 6.45) is 1.47. The molecule has 1 N–H and O–H groups in total. The van der Waals surface area contributed by atoms with E-state index in [0.29, 0.717) is 17.0 Å². The fraction of sp³-hybridized carbons (Fsp3) is 0.125. The normalized spacial score (nSPS) is 11.0. The lowest BCUT2D eigenvalue weighted by atomic mass is 10.2. The van der Waals surface area contributed by atoms with E-state index < -0.39 is 15.9 Å². The first kappa shape index (κ1) is 24.3. The number of methoxy groups -OCH3 is 1. The molecular weight excluding hydrogens is 467 g/mol. The number of benzene rings is 3. The van der Waals surface area contributed by atoms with Crippen molar-refractivity contribution < 1.29 is 22.3 Å². The lowest BCUT2D eigenvalue weighted by Crippen LogP contribution is -2.31. The number of hydrogen-bond acceptors (Lipinski definition) is 4. The van der Waals surface area contributed by atoms with Crippen LogP contribution in [0.25, 0.3) is 0 Å². The van der Waals surface area contributed by atoms with Crippen molar-refractivity contribution in [2.75, 3.05) is 18.0 Å². The topological polar surface area (TPSA) is 75.7 Å². The van der Waals surface area contributed by atoms with Crippen LogP contribution in [0.2, 0.25) is 5.02 Å². The highest BCUT2D eigenvalue weighted by molar-refractivity contribution is 7.92. The van der Waals surface area contributed by atoms with Crippen LogP contribution in [0.4, 0.5) is 10.1 Å². The van der Waals surface area contributed by atoms with Crippen molar-refractivity contribution in [1.29, 1.82) is 0 Å². The molecule has 33 heavy (non-hydrogen) atoms. The summed E-state index contributed by atoms with van der Waals surface area (Å²) in [6, 6.07) is 16.1. The zero-order valence-corrected chi connectivity index (χ0v) is 19.4. The van der Waals surface area contributed by atoms with Crippen molar-refractivity contribution >= 4 is 33.2 Å². The maximum atomic E-state index is 13.4. The molecule has 3 rings (SSSR count). The van der Waals surface area contributed by atoms with Crippen molar-refractivity contribution in [3.05, 3.63) is 101 Å². The quantitative estimate of drug-likeness (QED) is 0.439. The zero-order chi connectivity index (χ0) is 24.0. The number of nitrogens with one attached hydrogen (secondary N) is 1. The first-order valence-electron chi connectivity index (χ1n) is 9.86. The molecule has 0 bridgehead atoms. The molecular formula is C24H22ClFN2O4S. The van der Waals surface area contributed by atoms with Gasteiger partial charge >= 0.3 is 0 Å². The Morgan fingerprint density at radius 1 is 1.12 bits per heavy atom. The van der Waals surface area contributed by atoms with E-state index in [1.807, 2.05) is 0 Å². The number of amides is 1. The van der Waals surface area contributed by atoms with Crippen LogP contribution in [-0.4, -0.2) is 28.0 Å².